The second-order valence-electron chi connectivity index (χ2n) is 6.31. The molecule has 0 saturated heterocycles. The van der Waals surface area contributed by atoms with Crippen molar-refractivity contribution in [2.75, 3.05) is 19.7 Å². The van der Waals surface area contributed by atoms with Crippen LogP contribution in [0.25, 0.3) is 0 Å². The van der Waals surface area contributed by atoms with Crippen LogP contribution in [0.15, 0.2) is 41.8 Å². The molecule has 1 aliphatic heterocycles. The summed E-state index contributed by atoms with van der Waals surface area (Å²) in [4.78, 5) is 16.0. The average Bonchev–Trinajstić information content (AvgIpc) is 3.07. The van der Waals surface area contributed by atoms with Gasteiger partial charge in [0.1, 0.15) is 12.4 Å². The number of carbonyl (C=O) groups is 1. The van der Waals surface area contributed by atoms with Crippen molar-refractivity contribution in [3.8, 4) is 5.75 Å². The van der Waals surface area contributed by atoms with E-state index in [1.807, 2.05) is 35.2 Å². The van der Waals surface area contributed by atoms with Gasteiger partial charge in [0.25, 0.3) is 0 Å². The monoisotopic (exact) mass is 344 g/mol. The first-order valence-corrected chi connectivity index (χ1v) is 9.30. The SMILES string of the molecule is CC(C)NCC(=O)N1CCc2sccc2C1COc1ccccc1. The van der Waals surface area contributed by atoms with Gasteiger partial charge in [-0.2, -0.15) is 0 Å². The van der Waals surface area contributed by atoms with E-state index in [2.05, 4.69) is 30.6 Å². The molecule has 3 rings (SSSR count). The molecule has 2 aromatic rings. The molecule has 1 amide bonds. The third-order valence-electron chi connectivity index (χ3n) is 4.23. The van der Waals surface area contributed by atoms with E-state index in [0.29, 0.717) is 19.2 Å². The number of hydrogen-bond acceptors (Lipinski definition) is 4. The van der Waals surface area contributed by atoms with Crippen LogP contribution in [0, 0.1) is 0 Å². The van der Waals surface area contributed by atoms with Crippen LogP contribution in [0.1, 0.15) is 30.3 Å². The number of rotatable bonds is 6. The zero-order valence-corrected chi connectivity index (χ0v) is 15.0. The van der Waals surface area contributed by atoms with E-state index in [-0.39, 0.29) is 11.9 Å². The molecule has 24 heavy (non-hydrogen) atoms. The number of nitrogens with zero attached hydrogens (tertiary/aromatic N) is 1. The van der Waals surface area contributed by atoms with Gasteiger partial charge in [0.05, 0.1) is 12.6 Å². The summed E-state index contributed by atoms with van der Waals surface area (Å²) in [5.41, 5.74) is 1.24. The fourth-order valence-electron chi connectivity index (χ4n) is 2.96. The number of hydrogen-bond donors (Lipinski definition) is 1. The molecule has 1 atom stereocenters. The van der Waals surface area contributed by atoms with Gasteiger partial charge >= 0.3 is 0 Å². The van der Waals surface area contributed by atoms with Gasteiger partial charge in [-0.05, 0) is 35.6 Å². The van der Waals surface area contributed by atoms with Crippen molar-refractivity contribution in [1.82, 2.24) is 10.2 Å². The van der Waals surface area contributed by atoms with Gasteiger partial charge in [-0.15, -0.1) is 11.3 Å². The molecular weight excluding hydrogens is 320 g/mol. The van der Waals surface area contributed by atoms with Crippen LogP contribution in [0.4, 0.5) is 0 Å². The standard InChI is InChI=1S/C19H24N2O2S/c1-14(2)20-12-19(22)21-10-8-18-16(9-11-24-18)17(21)13-23-15-6-4-3-5-7-15/h3-7,9,11,14,17,20H,8,10,12-13H2,1-2H3. The molecule has 0 aliphatic carbocycles. The Morgan fingerprint density at radius 2 is 2.12 bits per heavy atom. The van der Waals surface area contributed by atoms with E-state index in [1.54, 1.807) is 11.3 Å². The molecule has 128 valence electrons. The lowest BCUT2D eigenvalue weighted by molar-refractivity contribution is -0.134. The van der Waals surface area contributed by atoms with Crippen molar-refractivity contribution in [2.24, 2.45) is 0 Å². The van der Waals surface area contributed by atoms with Crippen LogP contribution in [-0.2, 0) is 11.2 Å². The molecule has 0 radical (unpaired) electrons. The summed E-state index contributed by atoms with van der Waals surface area (Å²) in [7, 11) is 0. The van der Waals surface area contributed by atoms with Crippen molar-refractivity contribution in [2.45, 2.75) is 32.4 Å². The Labute approximate surface area is 147 Å². The lowest BCUT2D eigenvalue weighted by Crippen LogP contribution is -2.46. The van der Waals surface area contributed by atoms with Crippen LogP contribution in [-0.4, -0.2) is 36.5 Å². The maximum absolute atomic E-state index is 12.7. The van der Waals surface area contributed by atoms with Gasteiger partial charge in [0.15, 0.2) is 0 Å². The van der Waals surface area contributed by atoms with Gasteiger partial charge < -0.3 is 15.0 Å². The summed E-state index contributed by atoms with van der Waals surface area (Å²) in [6, 6.07) is 12.2. The molecular formula is C19H24N2O2S. The predicted molar refractivity (Wildman–Crippen MR) is 97.6 cm³/mol. The number of para-hydroxylation sites is 1. The van der Waals surface area contributed by atoms with Crippen molar-refractivity contribution in [3.05, 3.63) is 52.2 Å². The molecule has 0 saturated carbocycles. The molecule has 0 fully saturated rings. The summed E-state index contributed by atoms with van der Waals surface area (Å²) in [6.07, 6.45) is 0.933. The molecule has 1 aliphatic rings. The Bertz CT molecular complexity index is 669. The minimum absolute atomic E-state index is 0.0123. The van der Waals surface area contributed by atoms with Gasteiger partial charge in [0, 0.05) is 17.5 Å². The Kier molecular flexibility index (Phi) is 5.53. The number of fused-ring (bicyclic) bond motifs is 1. The number of nitrogens with one attached hydrogen (secondary N) is 1. The lowest BCUT2D eigenvalue weighted by Gasteiger charge is -2.36. The molecule has 1 aromatic carbocycles. The van der Waals surface area contributed by atoms with Crippen LogP contribution >= 0.6 is 11.3 Å². The smallest absolute Gasteiger partial charge is 0.237 e. The molecule has 1 unspecified atom stereocenters. The van der Waals surface area contributed by atoms with Crippen LogP contribution in [0.3, 0.4) is 0 Å². The Balaban J connectivity index is 1.73. The van der Waals surface area contributed by atoms with Crippen LogP contribution < -0.4 is 10.1 Å². The molecule has 5 heteroatoms. The number of carbonyl (C=O) groups excluding carboxylic acids is 1. The minimum atomic E-state index is -0.0123. The summed E-state index contributed by atoms with van der Waals surface area (Å²) in [5, 5.41) is 5.34. The van der Waals surface area contributed by atoms with Crippen LogP contribution in [0.5, 0.6) is 5.75 Å². The van der Waals surface area contributed by atoms with E-state index in [1.165, 1.54) is 10.4 Å². The third-order valence-corrected chi connectivity index (χ3v) is 5.22. The Morgan fingerprint density at radius 1 is 1.33 bits per heavy atom. The number of benzene rings is 1. The first-order chi connectivity index (χ1) is 11.6. The summed E-state index contributed by atoms with van der Waals surface area (Å²) in [6.45, 7) is 5.72. The third kappa shape index (κ3) is 3.97. The molecule has 0 bridgehead atoms. The average molecular weight is 344 g/mol. The second-order valence-corrected chi connectivity index (χ2v) is 7.31. The topological polar surface area (TPSA) is 41.6 Å². The summed E-state index contributed by atoms with van der Waals surface area (Å²) in [5.74, 6) is 0.981. The van der Waals surface area contributed by atoms with E-state index in [4.69, 9.17) is 4.74 Å². The maximum Gasteiger partial charge on any atom is 0.237 e. The predicted octanol–water partition coefficient (Wildman–Crippen LogP) is 3.25. The first kappa shape index (κ1) is 17.0. The zero-order valence-electron chi connectivity index (χ0n) is 14.2. The second kappa shape index (κ2) is 7.81. The summed E-state index contributed by atoms with van der Waals surface area (Å²) >= 11 is 1.77. The lowest BCUT2D eigenvalue weighted by atomic mass is 10.0. The quantitative estimate of drug-likeness (QED) is 0.875. The van der Waals surface area contributed by atoms with E-state index < -0.39 is 0 Å². The van der Waals surface area contributed by atoms with E-state index in [9.17, 15) is 4.79 Å². The Hall–Kier alpha value is -1.85. The number of amides is 1. The van der Waals surface area contributed by atoms with Crippen molar-refractivity contribution >= 4 is 17.2 Å². The van der Waals surface area contributed by atoms with Crippen molar-refractivity contribution in [1.29, 1.82) is 0 Å². The van der Waals surface area contributed by atoms with E-state index in [0.717, 1.165) is 18.7 Å². The van der Waals surface area contributed by atoms with Crippen molar-refractivity contribution in [3.63, 3.8) is 0 Å². The Morgan fingerprint density at radius 3 is 2.88 bits per heavy atom. The highest BCUT2D eigenvalue weighted by atomic mass is 32.1. The number of ether oxygens (including phenoxy) is 1. The maximum atomic E-state index is 12.7. The molecule has 4 nitrogen and oxygen atoms in total. The fourth-order valence-corrected chi connectivity index (χ4v) is 3.89. The summed E-state index contributed by atoms with van der Waals surface area (Å²) < 4.78 is 5.97. The van der Waals surface area contributed by atoms with E-state index >= 15 is 0 Å². The van der Waals surface area contributed by atoms with Gasteiger partial charge in [-0.3, -0.25) is 4.79 Å². The minimum Gasteiger partial charge on any atom is -0.491 e. The fraction of sp³-hybridized carbons (Fsp3) is 0.421. The van der Waals surface area contributed by atoms with Gasteiger partial charge in [-0.1, -0.05) is 32.0 Å². The van der Waals surface area contributed by atoms with Crippen LogP contribution in [0.2, 0.25) is 0 Å². The molecule has 1 N–H and O–H groups in total. The molecule has 2 heterocycles. The number of thiophene rings is 1. The molecule has 0 spiro atoms. The first-order valence-electron chi connectivity index (χ1n) is 8.42. The van der Waals surface area contributed by atoms with Gasteiger partial charge in [0.2, 0.25) is 5.91 Å². The zero-order chi connectivity index (χ0) is 16.9. The largest absolute Gasteiger partial charge is 0.491 e. The van der Waals surface area contributed by atoms with Crippen molar-refractivity contribution < 1.29 is 9.53 Å². The normalized spacial score (nSPS) is 17.0. The highest BCUT2D eigenvalue weighted by molar-refractivity contribution is 7.10. The highest BCUT2D eigenvalue weighted by Gasteiger charge is 2.31. The van der Waals surface area contributed by atoms with Gasteiger partial charge in [-0.25, -0.2) is 0 Å². The molecule has 1 aromatic heterocycles. The highest BCUT2D eigenvalue weighted by Crippen LogP contribution is 2.33.